The second kappa shape index (κ2) is 14.1. The van der Waals surface area contributed by atoms with Crippen LogP contribution in [0.5, 0.6) is 0 Å². The standard InChI is InChI=1S/C15H26O.C2H4O2/c1-13(2)8-7-11-14(3)9-5-6-10-15(4)12-16;1-2(3)4/h8-10,16H,5-7,11-12H2,1-4H3;1H3,(H,3,4). The molecule has 0 aromatic heterocycles. The summed E-state index contributed by atoms with van der Waals surface area (Å²) >= 11 is 0. The van der Waals surface area contributed by atoms with E-state index in [1.807, 2.05) is 6.92 Å². The van der Waals surface area contributed by atoms with Gasteiger partial charge in [-0.25, -0.2) is 0 Å². The number of aliphatic carboxylic acids is 1. The topological polar surface area (TPSA) is 57.5 Å². The van der Waals surface area contributed by atoms with Crippen molar-refractivity contribution in [2.24, 2.45) is 0 Å². The Balaban J connectivity index is 0. The van der Waals surface area contributed by atoms with Gasteiger partial charge in [-0.2, -0.15) is 0 Å². The maximum Gasteiger partial charge on any atom is 0.300 e. The average Bonchev–Trinajstić information content (AvgIpc) is 2.33. The van der Waals surface area contributed by atoms with Crippen LogP contribution in [0.3, 0.4) is 0 Å². The molecule has 0 aromatic carbocycles. The van der Waals surface area contributed by atoms with Crippen LogP contribution in [0.1, 0.15) is 60.3 Å². The molecule has 2 N–H and O–H groups in total. The molecule has 20 heavy (non-hydrogen) atoms. The summed E-state index contributed by atoms with van der Waals surface area (Å²) in [5.74, 6) is -0.833. The molecule has 0 fully saturated rings. The molecule has 0 bridgehead atoms. The summed E-state index contributed by atoms with van der Waals surface area (Å²) in [6.45, 7) is 9.71. The molecular formula is C17H30O3. The summed E-state index contributed by atoms with van der Waals surface area (Å²) in [7, 11) is 0. The second-order valence-electron chi connectivity index (χ2n) is 5.18. The normalized spacial score (nSPS) is 11.5. The van der Waals surface area contributed by atoms with Gasteiger partial charge in [0.25, 0.3) is 5.97 Å². The molecule has 0 aromatic rings. The van der Waals surface area contributed by atoms with Crippen molar-refractivity contribution >= 4 is 5.97 Å². The lowest BCUT2D eigenvalue weighted by Gasteiger charge is -1.99. The van der Waals surface area contributed by atoms with Crippen LogP contribution in [0, 0.1) is 0 Å². The Morgan fingerprint density at radius 1 is 0.850 bits per heavy atom. The minimum Gasteiger partial charge on any atom is -0.481 e. The van der Waals surface area contributed by atoms with Crippen LogP contribution >= 0.6 is 0 Å². The van der Waals surface area contributed by atoms with Gasteiger partial charge >= 0.3 is 0 Å². The van der Waals surface area contributed by atoms with E-state index < -0.39 is 5.97 Å². The van der Waals surface area contributed by atoms with Gasteiger partial charge in [-0.15, -0.1) is 0 Å². The van der Waals surface area contributed by atoms with E-state index in [2.05, 4.69) is 39.0 Å². The Morgan fingerprint density at radius 3 is 1.70 bits per heavy atom. The first-order valence-corrected chi connectivity index (χ1v) is 7.04. The zero-order chi connectivity index (χ0) is 16.0. The molecule has 0 aliphatic heterocycles. The number of hydrogen-bond donors (Lipinski definition) is 2. The van der Waals surface area contributed by atoms with Crippen LogP contribution < -0.4 is 0 Å². The summed E-state index contributed by atoms with van der Waals surface area (Å²) in [6, 6.07) is 0. The van der Waals surface area contributed by atoms with Crippen LogP contribution in [0.4, 0.5) is 0 Å². The Morgan fingerprint density at radius 2 is 1.30 bits per heavy atom. The number of aliphatic hydroxyl groups excluding tert-OH is 1. The zero-order valence-electron chi connectivity index (χ0n) is 13.6. The molecule has 0 spiro atoms. The van der Waals surface area contributed by atoms with Crippen molar-refractivity contribution in [1.82, 2.24) is 0 Å². The van der Waals surface area contributed by atoms with Gasteiger partial charge < -0.3 is 10.2 Å². The first-order valence-electron chi connectivity index (χ1n) is 7.04. The van der Waals surface area contributed by atoms with Gasteiger partial charge in [-0.3, -0.25) is 4.79 Å². The fourth-order valence-electron chi connectivity index (χ4n) is 1.41. The van der Waals surface area contributed by atoms with Gasteiger partial charge in [0.05, 0.1) is 6.61 Å². The highest BCUT2D eigenvalue weighted by Crippen LogP contribution is 2.09. The van der Waals surface area contributed by atoms with Crippen LogP contribution in [-0.2, 0) is 4.79 Å². The third-order valence-electron chi connectivity index (χ3n) is 2.49. The number of unbranched alkanes of at least 4 members (excludes halogenated alkanes) is 1. The summed E-state index contributed by atoms with van der Waals surface area (Å²) in [5, 5.41) is 16.2. The number of carboxylic acid groups (broad SMARTS) is 1. The SMILES string of the molecule is CC(=O)O.CC(C)=CCCC(C)=CCCC=C(C)CO. The fourth-order valence-corrected chi connectivity index (χ4v) is 1.41. The molecule has 0 unspecified atom stereocenters. The molecule has 0 radical (unpaired) electrons. The van der Waals surface area contributed by atoms with Crippen LogP contribution in [0.15, 0.2) is 34.9 Å². The van der Waals surface area contributed by atoms with Gasteiger partial charge in [0.15, 0.2) is 0 Å². The van der Waals surface area contributed by atoms with E-state index in [9.17, 15) is 0 Å². The number of aliphatic hydroxyl groups is 1. The van der Waals surface area contributed by atoms with Crippen molar-refractivity contribution in [3.63, 3.8) is 0 Å². The number of hydrogen-bond acceptors (Lipinski definition) is 2. The molecular weight excluding hydrogens is 252 g/mol. The van der Waals surface area contributed by atoms with Gasteiger partial charge in [0.2, 0.25) is 0 Å². The first kappa shape index (κ1) is 21.0. The molecule has 116 valence electrons. The molecule has 0 heterocycles. The lowest BCUT2D eigenvalue weighted by atomic mass is 10.1. The van der Waals surface area contributed by atoms with E-state index >= 15 is 0 Å². The summed E-state index contributed by atoms with van der Waals surface area (Å²) in [5.41, 5.74) is 3.93. The minimum atomic E-state index is -0.833. The zero-order valence-corrected chi connectivity index (χ0v) is 13.6. The smallest absolute Gasteiger partial charge is 0.300 e. The van der Waals surface area contributed by atoms with Gasteiger partial charge in [-0.1, -0.05) is 34.9 Å². The Bertz CT molecular complexity index is 341. The molecule has 3 nitrogen and oxygen atoms in total. The summed E-state index contributed by atoms with van der Waals surface area (Å²) in [4.78, 5) is 9.00. The van der Waals surface area contributed by atoms with Gasteiger partial charge in [-0.05, 0) is 53.4 Å². The molecule has 0 rings (SSSR count). The Labute approximate surface area is 123 Å². The maximum atomic E-state index is 9.00. The Hall–Kier alpha value is -1.35. The van der Waals surface area contributed by atoms with Crippen molar-refractivity contribution < 1.29 is 15.0 Å². The minimum absolute atomic E-state index is 0.184. The molecule has 0 aliphatic carbocycles. The van der Waals surface area contributed by atoms with Crippen LogP contribution in [0.25, 0.3) is 0 Å². The molecule has 0 saturated carbocycles. The van der Waals surface area contributed by atoms with Crippen molar-refractivity contribution in [1.29, 1.82) is 0 Å². The number of carboxylic acids is 1. The predicted molar refractivity (Wildman–Crippen MR) is 85.8 cm³/mol. The predicted octanol–water partition coefficient (Wildman–Crippen LogP) is 4.49. The fraction of sp³-hybridized carbons (Fsp3) is 0.588. The number of allylic oxidation sites excluding steroid dienone is 5. The van der Waals surface area contributed by atoms with Gasteiger partial charge in [0.1, 0.15) is 0 Å². The lowest BCUT2D eigenvalue weighted by Crippen LogP contribution is -1.83. The highest BCUT2D eigenvalue weighted by Gasteiger charge is 1.89. The lowest BCUT2D eigenvalue weighted by molar-refractivity contribution is -0.134. The highest BCUT2D eigenvalue weighted by atomic mass is 16.4. The van der Waals surface area contributed by atoms with E-state index in [1.165, 1.54) is 11.1 Å². The number of rotatable bonds is 7. The average molecular weight is 282 g/mol. The highest BCUT2D eigenvalue weighted by molar-refractivity contribution is 5.62. The van der Waals surface area contributed by atoms with Crippen molar-refractivity contribution in [3.05, 3.63) is 34.9 Å². The number of carbonyl (C=O) groups is 1. The summed E-state index contributed by atoms with van der Waals surface area (Å²) < 4.78 is 0. The Kier molecular flexibility index (Phi) is 14.7. The van der Waals surface area contributed by atoms with E-state index in [0.29, 0.717) is 0 Å². The molecule has 0 atom stereocenters. The van der Waals surface area contributed by atoms with Crippen LogP contribution in [0.2, 0.25) is 0 Å². The van der Waals surface area contributed by atoms with Crippen molar-refractivity contribution in [2.75, 3.05) is 6.61 Å². The molecule has 0 saturated heterocycles. The van der Waals surface area contributed by atoms with Gasteiger partial charge in [0, 0.05) is 6.92 Å². The molecule has 3 heteroatoms. The maximum absolute atomic E-state index is 9.00. The monoisotopic (exact) mass is 282 g/mol. The third kappa shape index (κ3) is 21.9. The third-order valence-corrected chi connectivity index (χ3v) is 2.49. The van der Waals surface area contributed by atoms with E-state index in [1.54, 1.807) is 0 Å². The van der Waals surface area contributed by atoms with E-state index in [0.717, 1.165) is 38.2 Å². The van der Waals surface area contributed by atoms with Crippen LogP contribution in [-0.4, -0.2) is 22.8 Å². The molecule has 0 aliphatic rings. The summed E-state index contributed by atoms with van der Waals surface area (Å²) in [6.07, 6.45) is 11.1. The van der Waals surface area contributed by atoms with Crippen molar-refractivity contribution in [2.45, 2.75) is 60.3 Å². The second-order valence-corrected chi connectivity index (χ2v) is 5.18. The first-order chi connectivity index (χ1) is 9.29. The van der Waals surface area contributed by atoms with E-state index in [4.69, 9.17) is 15.0 Å². The quantitative estimate of drug-likeness (QED) is 0.534. The molecule has 0 amide bonds. The van der Waals surface area contributed by atoms with E-state index in [-0.39, 0.29) is 6.61 Å². The van der Waals surface area contributed by atoms with Crippen molar-refractivity contribution in [3.8, 4) is 0 Å². The largest absolute Gasteiger partial charge is 0.481 e.